The van der Waals surface area contributed by atoms with E-state index in [1.165, 1.54) is 0 Å². The van der Waals surface area contributed by atoms with Crippen molar-refractivity contribution in [3.8, 4) is 0 Å². The second-order valence-corrected chi connectivity index (χ2v) is 6.51. The number of fused-ring (bicyclic) bond motifs is 1. The standard InChI is InChI=1S/C20H21N3O2/c1-14-12-23(19(13-25-14)15-7-3-2-4-8-15)20(24)11-18-16-9-5-6-10-17(16)21-22-18/h2-10,14,19H,11-13H2,1H3,(H,21,22)/t14-,19-/m1/s1. The number of carbonyl (C=O) groups is 1. The van der Waals surface area contributed by atoms with Crippen molar-refractivity contribution in [3.05, 3.63) is 65.9 Å². The number of hydrogen-bond acceptors (Lipinski definition) is 3. The fourth-order valence-electron chi connectivity index (χ4n) is 3.43. The van der Waals surface area contributed by atoms with Crippen LogP contribution in [0.4, 0.5) is 0 Å². The molecule has 0 saturated carbocycles. The number of morpholine rings is 1. The van der Waals surface area contributed by atoms with Crippen LogP contribution in [0.15, 0.2) is 54.6 Å². The molecule has 0 unspecified atom stereocenters. The molecule has 0 bridgehead atoms. The number of ether oxygens (including phenoxy) is 1. The predicted molar refractivity (Wildman–Crippen MR) is 96.1 cm³/mol. The minimum absolute atomic E-state index is 0.0425. The normalized spacial score (nSPS) is 20.8. The van der Waals surface area contributed by atoms with Crippen LogP contribution >= 0.6 is 0 Å². The van der Waals surface area contributed by atoms with E-state index >= 15 is 0 Å². The number of benzene rings is 2. The lowest BCUT2D eigenvalue weighted by Crippen LogP contribution is -2.47. The lowest BCUT2D eigenvalue weighted by Gasteiger charge is -2.39. The summed E-state index contributed by atoms with van der Waals surface area (Å²) in [6.45, 7) is 3.14. The number of amides is 1. The van der Waals surface area contributed by atoms with Gasteiger partial charge in [0.1, 0.15) is 0 Å². The highest BCUT2D eigenvalue weighted by molar-refractivity contribution is 5.87. The summed E-state index contributed by atoms with van der Waals surface area (Å²) in [6, 6.07) is 17.9. The van der Waals surface area contributed by atoms with Crippen LogP contribution in [0.1, 0.15) is 24.2 Å². The number of rotatable bonds is 3. The zero-order chi connectivity index (χ0) is 17.2. The first-order chi connectivity index (χ1) is 12.2. The van der Waals surface area contributed by atoms with Crippen LogP contribution in [0, 0.1) is 0 Å². The highest BCUT2D eigenvalue weighted by Crippen LogP contribution is 2.27. The Morgan fingerprint density at radius 2 is 1.96 bits per heavy atom. The molecule has 0 spiro atoms. The first kappa shape index (κ1) is 15.8. The predicted octanol–water partition coefficient (Wildman–Crippen LogP) is 3.09. The molecule has 3 aromatic rings. The maximum atomic E-state index is 13.1. The highest BCUT2D eigenvalue weighted by Gasteiger charge is 2.31. The molecule has 0 radical (unpaired) electrons. The number of aromatic nitrogens is 2. The summed E-state index contributed by atoms with van der Waals surface area (Å²) in [5.41, 5.74) is 2.86. The van der Waals surface area contributed by atoms with Gasteiger partial charge in [0, 0.05) is 11.9 Å². The van der Waals surface area contributed by atoms with Gasteiger partial charge in [0.25, 0.3) is 0 Å². The molecule has 128 valence electrons. The Morgan fingerprint density at radius 3 is 2.80 bits per heavy atom. The maximum absolute atomic E-state index is 13.1. The third-order valence-electron chi connectivity index (χ3n) is 4.74. The van der Waals surface area contributed by atoms with Crippen LogP contribution in [0.25, 0.3) is 10.9 Å². The van der Waals surface area contributed by atoms with E-state index < -0.39 is 0 Å². The molecular weight excluding hydrogens is 314 g/mol. The molecule has 1 fully saturated rings. The van der Waals surface area contributed by atoms with E-state index in [9.17, 15) is 4.79 Å². The Labute approximate surface area is 146 Å². The summed E-state index contributed by atoms with van der Waals surface area (Å²) < 4.78 is 5.82. The quantitative estimate of drug-likeness (QED) is 0.800. The van der Waals surface area contributed by atoms with Gasteiger partial charge in [-0.15, -0.1) is 0 Å². The average Bonchev–Trinajstić information content (AvgIpc) is 3.05. The summed E-state index contributed by atoms with van der Waals surface area (Å²) in [5, 5.41) is 8.32. The summed E-state index contributed by atoms with van der Waals surface area (Å²) in [7, 11) is 0. The lowest BCUT2D eigenvalue weighted by molar-refractivity contribution is -0.144. The molecule has 1 aliphatic rings. The zero-order valence-electron chi connectivity index (χ0n) is 14.2. The van der Waals surface area contributed by atoms with Gasteiger partial charge >= 0.3 is 0 Å². The van der Waals surface area contributed by atoms with Crippen LogP contribution in [0.5, 0.6) is 0 Å². The van der Waals surface area contributed by atoms with E-state index in [1.807, 2.05) is 54.3 Å². The van der Waals surface area contributed by atoms with Crippen LogP contribution < -0.4 is 0 Å². The van der Waals surface area contributed by atoms with E-state index in [4.69, 9.17) is 4.74 Å². The molecule has 1 aliphatic heterocycles. The smallest absolute Gasteiger partial charge is 0.229 e. The summed E-state index contributed by atoms with van der Waals surface area (Å²) in [4.78, 5) is 15.0. The molecule has 25 heavy (non-hydrogen) atoms. The molecule has 1 aromatic heterocycles. The molecule has 0 aliphatic carbocycles. The fourth-order valence-corrected chi connectivity index (χ4v) is 3.43. The second kappa shape index (κ2) is 6.69. The van der Waals surface area contributed by atoms with Gasteiger partial charge in [-0.1, -0.05) is 48.5 Å². The molecule has 5 nitrogen and oxygen atoms in total. The Balaban J connectivity index is 1.60. The Kier molecular flexibility index (Phi) is 4.24. The van der Waals surface area contributed by atoms with Crippen LogP contribution in [0.2, 0.25) is 0 Å². The lowest BCUT2D eigenvalue weighted by atomic mass is 10.0. The van der Waals surface area contributed by atoms with Crippen LogP contribution in [-0.2, 0) is 16.0 Å². The Hall–Kier alpha value is -2.66. The molecule has 2 aromatic carbocycles. The largest absolute Gasteiger partial charge is 0.374 e. The minimum atomic E-state index is -0.0425. The molecular formula is C20H21N3O2. The first-order valence-corrected chi connectivity index (χ1v) is 8.60. The molecule has 5 heteroatoms. The van der Waals surface area contributed by atoms with Crippen LogP contribution in [0.3, 0.4) is 0 Å². The topological polar surface area (TPSA) is 58.2 Å². The molecule has 2 atom stereocenters. The molecule has 1 N–H and O–H groups in total. The van der Waals surface area contributed by atoms with Gasteiger partial charge in [-0.25, -0.2) is 0 Å². The number of nitrogens with one attached hydrogen (secondary N) is 1. The van der Waals surface area contributed by atoms with Gasteiger partial charge in [0.2, 0.25) is 5.91 Å². The molecule has 1 amide bonds. The second-order valence-electron chi connectivity index (χ2n) is 6.51. The molecule has 2 heterocycles. The number of hydrogen-bond donors (Lipinski definition) is 1. The fraction of sp³-hybridized carbons (Fsp3) is 0.300. The van der Waals surface area contributed by atoms with E-state index in [1.54, 1.807) is 0 Å². The van der Waals surface area contributed by atoms with Crippen molar-refractivity contribution in [1.29, 1.82) is 0 Å². The number of aromatic amines is 1. The highest BCUT2D eigenvalue weighted by atomic mass is 16.5. The van der Waals surface area contributed by atoms with Gasteiger partial charge < -0.3 is 9.64 Å². The maximum Gasteiger partial charge on any atom is 0.229 e. The summed E-state index contributed by atoms with van der Waals surface area (Å²) in [6.07, 6.45) is 0.360. The Bertz CT molecular complexity index is 875. The van der Waals surface area contributed by atoms with Gasteiger partial charge in [0.15, 0.2) is 0 Å². The van der Waals surface area contributed by atoms with E-state index in [2.05, 4.69) is 22.3 Å². The number of nitrogens with zero attached hydrogens (tertiary/aromatic N) is 2. The van der Waals surface area contributed by atoms with Gasteiger partial charge in [-0.05, 0) is 18.6 Å². The average molecular weight is 335 g/mol. The first-order valence-electron chi connectivity index (χ1n) is 8.60. The monoisotopic (exact) mass is 335 g/mol. The van der Waals surface area contributed by atoms with Crippen molar-refractivity contribution in [1.82, 2.24) is 15.1 Å². The van der Waals surface area contributed by atoms with E-state index in [0.29, 0.717) is 19.6 Å². The number of H-pyrrole nitrogens is 1. The third-order valence-corrected chi connectivity index (χ3v) is 4.74. The van der Waals surface area contributed by atoms with Gasteiger partial charge in [-0.3, -0.25) is 9.89 Å². The third kappa shape index (κ3) is 3.15. The van der Waals surface area contributed by atoms with Gasteiger partial charge in [0.05, 0.1) is 36.4 Å². The number of carbonyl (C=O) groups excluding carboxylic acids is 1. The van der Waals surface area contributed by atoms with Crippen molar-refractivity contribution in [2.75, 3.05) is 13.2 Å². The summed E-state index contributed by atoms with van der Waals surface area (Å²) in [5.74, 6) is 0.0957. The Morgan fingerprint density at radius 1 is 1.20 bits per heavy atom. The van der Waals surface area contributed by atoms with E-state index in [0.717, 1.165) is 22.2 Å². The van der Waals surface area contributed by atoms with Crippen molar-refractivity contribution in [2.24, 2.45) is 0 Å². The van der Waals surface area contributed by atoms with Crippen molar-refractivity contribution < 1.29 is 9.53 Å². The zero-order valence-corrected chi connectivity index (χ0v) is 14.2. The molecule has 1 saturated heterocycles. The SMILES string of the molecule is C[C@@H]1CN(C(=O)Cc2[nH]nc3ccccc23)[C@@H](c2ccccc2)CO1. The van der Waals surface area contributed by atoms with Crippen molar-refractivity contribution in [3.63, 3.8) is 0 Å². The van der Waals surface area contributed by atoms with Crippen molar-refractivity contribution in [2.45, 2.75) is 25.5 Å². The summed E-state index contributed by atoms with van der Waals surface area (Å²) >= 11 is 0. The van der Waals surface area contributed by atoms with Crippen LogP contribution in [-0.4, -0.2) is 40.3 Å². The molecule has 4 rings (SSSR count). The number of para-hydroxylation sites is 1. The minimum Gasteiger partial charge on any atom is -0.374 e. The van der Waals surface area contributed by atoms with E-state index in [-0.39, 0.29) is 18.1 Å². The van der Waals surface area contributed by atoms with Crippen molar-refractivity contribution >= 4 is 16.8 Å². The van der Waals surface area contributed by atoms with Gasteiger partial charge in [-0.2, -0.15) is 5.10 Å².